The van der Waals surface area contributed by atoms with Gasteiger partial charge in [0.25, 0.3) is 0 Å². The van der Waals surface area contributed by atoms with E-state index in [4.69, 9.17) is 5.11 Å². The largest absolute Gasteiger partial charge is 0.387 e. The van der Waals surface area contributed by atoms with E-state index in [9.17, 15) is 4.79 Å². The van der Waals surface area contributed by atoms with Gasteiger partial charge in [0.05, 0.1) is 0 Å². The minimum atomic E-state index is -0.447. The van der Waals surface area contributed by atoms with Crippen molar-refractivity contribution >= 4 is 28.2 Å². The standard InChI is InChI=1S/C15H19N5O2S/c1-9-5-12(19-15-16-6-10(2)23-15)18-14(17-9)11-3-4-20(7-11)13(22)8-21/h5-6,11,21H,3-4,7-8H2,1-2H3,(H,16,17,18,19). The van der Waals surface area contributed by atoms with Crippen molar-refractivity contribution in [3.8, 4) is 0 Å². The zero-order valence-electron chi connectivity index (χ0n) is 13.1. The highest BCUT2D eigenvalue weighted by Crippen LogP contribution is 2.27. The fourth-order valence-corrected chi connectivity index (χ4v) is 3.33. The van der Waals surface area contributed by atoms with Crippen molar-refractivity contribution in [2.75, 3.05) is 25.0 Å². The summed E-state index contributed by atoms with van der Waals surface area (Å²) in [7, 11) is 0. The molecule has 1 aliphatic heterocycles. The molecule has 23 heavy (non-hydrogen) atoms. The van der Waals surface area contributed by atoms with Gasteiger partial charge in [0.15, 0.2) is 5.13 Å². The number of aryl methyl sites for hydroxylation is 2. The Labute approximate surface area is 138 Å². The van der Waals surface area contributed by atoms with Crippen molar-refractivity contribution in [2.45, 2.75) is 26.2 Å². The van der Waals surface area contributed by atoms with E-state index in [-0.39, 0.29) is 11.8 Å². The van der Waals surface area contributed by atoms with Crippen LogP contribution in [0.25, 0.3) is 0 Å². The van der Waals surface area contributed by atoms with Crippen molar-refractivity contribution in [3.63, 3.8) is 0 Å². The number of aliphatic hydroxyl groups is 1. The van der Waals surface area contributed by atoms with Gasteiger partial charge in [-0.25, -0.2) is 15.0 Å². The molecule has 2 aromatic rings. The van der Waals surface area contributed by atoms with Gasteiger partial charge in [0.2, 0.25) is 5.91 Å². The van der Waals surface area contributed by atoms with Crippen molar-refractivity contribution in [1.29, 1.82) is 0 Å². The van der Waals surface area contributed by atoms with Crippen LogP contribution in [0.1, 0.15) is 28.7 Å². The molecule has 0 aliphatic carbocycles. The van der Waals surface area contributed by atoms with Gasteiger partial charge >= 0.3 is 0 Å². The normalized spacial score (nSPS) is 17.5. The molecule has 0 spiro atoms. The van der Waals surface area contributed by atoms with Gasteiger partial charge in [0.1, 0.15) is 18.2 Å². The van der Waals surface area contributed by atoms with E-state index in [1.807, 2.05) is 26.1 Å². The van der Waals surface area contributed by atoms with Gasteiger partial charge in [-0.2, -0.15) is 0 Å². The van der Waals surface area contributed by atoms with Crippen LogP contribution in [-0.4, -0.2) is 50.6 Å². The summed E-state index contributed by atoms with van der Waals surface area (Å²) in [6.07, 6.45) is 2.63. The van der Waals surface area contributed by atoms with Gasteiger partial charge in [-0.15, -0.1) is 11.3 Å². The molecule has 8 heteroatoms. The number of anilines is 2. The van der Waals surface area contributed by atoms with E-state index in [2.05, 4.69) is 20.3 Å². The highest BCUT2D eigenvalue weighted by atomic mass is 32.1. The summed E-state index contributed by atoms with van der Waals surface area (Å²) in [5.74, 6) is 1.31. The Kier molecular flexibility index (Phi) is 4.53. The molecule has 1 fully saturated rings. The summed E-state index contributed by atoms with van der Waals surface area (Å²) >= 11 is 1.57. The SMILES string of the molecule is Cc1cc(Nc2ncc(C)s2)nc(C2CCN(C(=O)CO)C2)n1. The quantitative estimate of drug-likeness (QED) is 0.883. The number of carbonyl (C=O) groups is 1. The number of hydrogen-bond acceptors (Lipinski definition) is 7. The third-order valence-electron chi connectivity index (χ3n) is 3.77. The summed E-state index contributed by atoms with van der Waals surface area (Å²) in [6.45, 7) is 4.67. The molecule has 3 heterocycles. The van der Waals surface area contributed by atoms with E-state index in [0.29, 0.717) is 18.9 Å². The Morgan fingerprint density at radius 2 is 2.30 bits per heavy atom. The first kappa shape index (κ1) is 15.8. The van der Waals surface area contributed by atoms with Crippen LogP contribution >= 0.6 is 11.3 Å². The molecule has 1 atom stereocenters. The minimum absolute atomic E-state index is 0.101. The van der Waals surface area contributed by atoms with E-state index < -0.39 is 6.61 Å². The topological polar surface area (TPSA) is 91.2 Å². The van der Waals surface area contributed by atoms with Crippen molar-refractivity contribution < 1.29 is 9.90 Å². The maximum atomic E-state index is 11.6. The Bertz CT molecular complexity index is 718. The summed E-state index contributed by atoms with van der Waals surface area (Å²) in [5.41, 5.74) is 0.873. The predicted molar refractivity (Wildman–Crippen MR) is 87.9 cm³/mol. The monoisotopic (exact) mass is 333 g/mol. The van der Waals surface area contributed by atoms with Crippen molar-refractivity contribution in [1.82, 2.24) is 19.9 Å². The van der Waals surface area contributed by atoms with Crippen LogP contribution in [0.15, 0.2) is 12.3 Å². The highest BCUT2D eigenvalue weighted by Gasteiger charge is 2.29. The first-order chi connectivity index (χ1) is 11.0. The van der Waals surface area contributed by atoms with Gasteiger partial charge < -0.3 is 15.3 Å². The number of thiazole rings is 1. The second-order valence-corrected chi connectivity index (χ2v) is 6.87. The van der Waals surface area contributed by atoms with Crippen LogP contribution in [0, 0.1) is 13.8 Å². The lowest BCUT2D eigenvalue weighted by Gasteiger charge is -2.15. The van der Waals surface area contributed by atoms with Crippen LogP contribution in [0.5, 0.6) is 0 Å². The molecule has 0 aromatic carbocycles. The summed E-state index contributed by atoms with van der Waals surface area (Å²) < 4.78 is 0. The zero-order valence-corrected chi connectivity index (χ0v) is 13.9. The lowest BCUT2D eigenvalue weighted by Crippen LogP contribution is -2.30. The minimum Gasteiger partial charge on any atom is -0.387 e. The van der Waals surface area contributed by atoms with E-state index in [1.54, 1.807) is 16.2 Å². The van der Waals surface area contributed by atoms with Crippen LogP contribution in [-0.2, 0) is 4.79 Å². The average molecular weight is 333 g/mol. The summed E-state index contributed by atoms with van der Waals surface area (Å²) in [5, 5.41) is 13.0. The van der Waals surface area contributed by atoms with Crippen molar-refractivity contribution in [3.05, 3.63) is 28.7 Å². The first-order valence-corrected chi connectivity index (χ1v) is 8.30. The molecule has 0 saturated carbocycles. The van der Waals surface area contributed by atoms with Crippen LogP contribution in [0.4, 0.5) is 10.9 Å². The molecule has 1 saturated heterocycles. The number of aromatic nitrogens is 3. The Balaban J connectivity index is 1.77. The molecule has 1 amide bonds. The lowest BCUT2D eigenvalue weighted by molar-refractivity contribution is -0.133. The molecule has 3 rings (SSSR count). The molecule has 0 radical (unpaired) electrons. The number of aliphatic hydroxyl groups excluding tert-OH is 1. The predicted octanol–water partition coefficient (Wildman–Crippen LogP) is 1.60. The lowest BCUT2D eigenvalue weighted by atomic mass is 10.1. The summed E-state index contributed by atoms with van der Waals surface area (Å²) in [4.78, 5) is 27.8. The van der Waals surface area contributed by atoms with E-state index in [0.717, 1.165) is 27.9 Å². The highest BCUT2D eigenvalue weighted by molar-refractivity contribution is 7.15. The number of hydrogen-bond donors (Lipinski definition) is 2. The van der Waals surface area contributed by atoms with Gasteiger partial charge in [-0.3, -0.25) is 4.79 Å². The van der Waals surface area contributed by atoms with Crippen LogP contribution < -0.4 is 5.32 Å². The van der Waals surface area contributed by atoms with E-state index in [1.165, 1.54) is 0 Å². The number of carbonyl (C=O) groups excluding carboxylic acids is 1. The van der Waals surface area contributed by atoms with E-state index >= 15 is 0 Å². The Morgan fingerprint density at radius 3 is 3.00 bits per heavy atom. The molecule has 7 nitrogen and oxygen atoms in total. The van der Waals surface area contributed by atoms with Gasteiger partial charge in [-0.1, -0.05) is 0 Å². The number of rotatable bonds is 4. The molecule has 1 unspecified atom stereocenters. The third kappa shape index (κ3) is 3.65. The molecule has 0 bridgehead atoms. The molecular weight excluding hydrogens is 314 g/mol. The summed E-state index contributed by atoms with van der Waals surface area (Å²) in [6, 6.07) is 1.88. The fraction of sp³-hybridized carbons (Fsp3) is 0.467. The number of nitrogens with one attached hydrogen (secondary N) is 1. The molecule has 1 aliphatic rings. The second kappa shape index (κ2) is 6.59. The van der Waals surface area contributed by atoms with Gasteiger partial charge in [0, 0.05) is 41.8 Å². The second-order valence-electron chi connectivity index (χ2n) is 5.64. The average Bonchev–Trinajstić information content (AvgIpc) is 3.15. The maximum absolute atomic E-state index is 11.6. The first-order valence-electron chi connectivity index (χ1n) is 7.49. The molecule has 2 N–H and O–H groups in total. The Hall–Kier alpha value is -2.06. The third-order valence-corrected chi connectivity index (χ3v) is 4.60. The van der Waals surface area contributed by atoms with Crippen LogP contribution in [0.2, 0.25) is 0 Å². The maximum Gasteiger partial charge on any atom is 0.248 e. The fourth-order valence-electron chi connectivity index (χ4n) is 2.66. The van der Waals surface area contributed by atoms with Crippen LogP contribution in [0.3, 0.4) is 0 Å². The number of amides is 1. The van der Waals surface area contributed by atoms with Crippen molar-refractivity contribution in [2.24, 2.45) is 0 Å². The molecule has 122 valence electrons. The number of likely N-dealkylation sites (tertiary alicyclic amines) is 1. The zero-order chi connectivity index (χ0) is 16.4. The smallest absolute Gasteiger partial charge is 0.248 e. The molecule has 2 aromatic heterocycles. The van der Waals surface area contributed by atoms with Gasteiger partial charge in [-0.05, 0) is 20.3 Å². The molecular formula is C15H19N5O2S. The Morgan fingerprint density at radius 1 is 1.48 bits per heavy atom. The number of nitrogens with zero attached hydrogens (tertiary/aromatic N) is 4.